The van der Waals surface area contributed by atoms with Gasteiger partial charge in [0.15, 0.2) is 5.78 Å². The first-order chi connectivity index (χ1) is 18.4. The van der Waals surface area contributed by atoms with Gasteiger partial charge in [0.1, 0.15) is 16.7 Å². The highest BCUT2D eigenvalue weighted by molar-refractivity contribution is 7.89. The summed E-state index contributed by atoms with van der Waals surface area (Å²) in [5, 5.41) is 2.66. The highest BCUT2D eigenvalue weighted by Gasteiger charge is 2.53. The van der Waals surface area contributed by atoms with E-state index >= 15 is 0 Å². The van der Waals surface area contributed by atoms with Crippen LogP contribution in [0, 0.1) is 5.92 Å². The van der Waals surface area contributed by atoms with Crippen molar-refractivity contribution in [1.29, 1.82) is 0 Å². The van der Waals surface area contributed by atoms with Gasteiger partial charge < -0.3 is 15.0 Å². The van der Waals surface area contributed by atoms with Gasteiger partial charge in [-0.25, -0.2) is 8.42 Å². The SMILES string of the molecule is CC(CCNC(=O)c1ccc(OC(F)(F)F)cc1)CC(=O)N1CCC2C1C(=O)CN2S(=O)(=O)c1cccnc1. The van der Waals surface area contributed by atoms with Crippen molar-refractivity contribution in [1.82, 2.24) is 19.5 Å². The molecule has 0 saturated carbocycles. The molecule has 2 amide bonds. The van der Waals surface area contributed by atoms with Crippen molar-refractivity contribution in [2.24, 2.45) is 5.92 Å². The fraction of sp³-hybridized carbons (Fsp3) is 0.440. The maximum atomic E-state index is 13.1. The van der Waals surface area contributed by atoms with Crippen molar-refractivity contribution in [3.8, 4) is 5.75 Å². The molecule has 0 spiro atoms. The normalized spacial score (nSPS) is 20.5. The Balaban J connectivity index is 1.27. The summed E-state index contributed by atoms with van der Waals surface area (Å²) < 4.78 is 67.9. The van der Waals surface area contributed by atoms with Crippen LogP contribution in [0.15, 0.2) is 53.7 Å². The third kappa shape index (κ3) is 6.56. The van der Waals surface area contributed by atoms with Gasteiger partial charge in [-0.1, -0.05) is 6.92 Å². The van der Waals surface area contributed by atoms with Crippen molar-refractivity contribution >= 4 is 27.6 Å². The molecular weight excluding hydrogens is 541 g/mol. The summed E-state index contributed by atoms with van der Waals surface area (Å²) in [4.78, 5) is 43.4. The first kappa shape index (κ1) is 28.5. The molecule has 2 aliphatic rings. The second-order valence-corrected chi connectivity index (χ2v) is 11.4. The lowest BCUT2D eigenvalue weighted by Crippen LogP contribution is -2.44. The minimum atomic E-state index is -4.82. The lowest BCUT2D eigenvalue weighted by atomic mass is 10.0. The number of hydrogen-bond donors (Lipinski definition) is 1. The number of pyridine rings is 1. The van der Waals surface area contributed by atoms with E-state index in [4.69, 9.17) is 0 Å². The maximum Gasteiger partial charge on any atom is 0.573 e. The zero-order valence-corrected chi connectivity index (χ0v) is 21.7. The fourth-order valence-electron chi connectivity index (χ4n) is 4.87. The first-order valence-electron chi connectivity index (χ1n) is 12.2. The summed E-state index contributed by atoms with van der Waals surface area (Å²) in [6.45, 7) is 1.99. The van der Waals surface area contributed by atoms with Crippen molar-refractivity contribution < 1.29 is 40.7 Å². The third-order valence-electron chi connectivity index (χ3n) is 6.73. The maximum absolute atomic E-state index is 13.1. The van der Waals surface area contributed by atoms with E-state index in [1.54, 1.807) is 0 Å². The van der Waals surface area contributed by atoms with Gasteiger partial charge in [-0.3, -0.25) is 19.4 Å². The number of halogens is 3. The monoisotopic (exact) mass is 568 g/mol. The van der Waals surface area contributed by atoms with E-state index in [2.05, 4.69) is 15.0 Å². The summed E-state index contributed by atoms with van der Waals surface area (Å²) in [6, 6.07) is 5.96. The van der Waals surface area contributed by atoms with Crippen LogP contribution < -0.4 is 10.1 Å². The Bertz CT molecular complexity index is 1320. The number of nitrogens with one attached hydrogen (secondary N) is 1. The van der Waals surface area contributed by atoms with Crippen LogP contribution in [0.2, 0.25) is 0 Å². The number of hydrogen-bond acceptors (Lipinski definition) is 7. The van der Waals surface area contributed by atoms with Gasteiger partial charge in [0.25, 0.3) is 5.91 Å². The van der Waals surface area contributed by atoms with E-state index in [1.165, 1.54) is 41.6 Å². The van der Waals surface area contributed by atoms with Crippen LogP contribution in [0.1, 0.15) is 36.5 Å². The number of carbonyl (C=O) groups is 3. The van der Waals surface area contributed by atoms with Crippen LogP contribution >= 0.6 is 0 Å². The van der Waals surface area contributed by atoms with Gasteiger partial charge in [0.2, 0.25) is 15.9 Å². The smallest absolute Gasteiger partial charge is 0.406 e. The van der Waals surface area contributed by atoms with Crippen molar-refractivity contribution in [2.45, 2.75) is 49.5 Å². The number of Topliss-reactive ketones (excluding diaryl/α,β-unsaturated/α-hetero) is 1. The number of carbonyl (C=O) groups excluding carboxylic acids is 3. The van der Waals surface area contributed by atoms with Crippen LogP contribution in [-0.2, 0) is 19.6 Å². The number of benzene rings is 1. The Hall–Kier alpha value is -3.52. The fourth-order valence-corrected chi connectivity index (χ4v) is 6.46. The largest absolute Gasteiger partial charge is 0.573 e. The molecule has 10 nitrogen and oxygen atoms in total. The number of nitrogens with zero attached hydrogens (tertiary/aromatic N) is 3. The summed E-state index contributed by atoms with van der Waals surface area (Å²) in [5.74, 6) is -1.68. The van der Waals surface area contributed by atoms with Crippen LogP contribution in [0.3, 0.4) is 0 Å². The number of alkyl halides is 3. The van der Waals surface area contributed by atoms with Gasteiger partial charge in [-0.2, -0.15) is 4.31 Å². The average molecular weight is 569 g/mol. The van der Waals surface area contributed by atoms with E-state index in [1.807, 2.05) is 6.92 Å². The van der Waals surface area contributed by atoms with Crippen LogP contribution in [0.25, 0.3) is 0 Å². The lowest BCUT2D eigenvalue weighted by molar-refractivity contribution is -0.274. The van der Waals surface area contributed by atoms with Gasteiger partial charge in [0.05, 0.1) is 12.6 Å². The molecule has 1 N–H and O–H groups in total. The van der Waals surface area contributed by atoms with E-state index in [0.717, 1.165) is 16.4 Å². The number of amides is 2. The Morgan fingerprint density at radius 1 is 1.21 bits per heavy atom. The number of likely N-dealkylation sites (tertiary alicyclic amines) is 1. The predicted octanol–water partition coefficient (Wildman–Crippen LogP) is 2.37. The Kier molecular flexibility index (Phi) is 8.25. The van der Waals surface area contributed by atoms with Crippen LogP contribution in [0.5, 0.6) is 5.75 Å². The lowest BCUT2D eigenvalue weighted by Gasteiger charge is -2.25. The zero-order chi connectivity index (χ0) is 28.4. The molecular formula is C25H27F3N4O6S. The molecule has 3 heterocycles. The molecule has 14 heteroatoms. The van der Waals surface area contributed by atoms with E-state index < -0.39 is 40.1 Å². The molecule has 39 heavy (non-hydrogen) atoms. The standard InChI is InChI=1S/C25H27F3N4O6S/c1-16(8-11-30-24(35)17-4-6-18(7-5-17)38-25(26,27)28)13-22(34)31-12-9-20-23(31)21(33)15-32(20)39(36,37)19-3-2-10-29-14-19/h2-7,10,14,16,20,23H,8-9,11-13,15H2,1H3,(H,30,35). The first-order valence-corrected chi connectivity index (χ1v) is 13.7. The molecule has 1 aromatic carbocycles. The molecule has 0 aliphatic carbocycles. The minimum Gasteiger partial charge on any atom is -0.406 e. The third-order valence-corrected chi connectivity index (χ3v) is 8.59. The number of aromatic nitrogens is 1. The molecule has 2 aliphatic heterocycles. The number of rotatable bonds is 9. The van der Waals surface area contributed by atoms with E-state index in [9.17, 15) is 36.0 Å². The highest BCUT2D eigenvalue weighted by Crippen LogP contribution is 2.34. The molecule has 2 saturated heterocycles. The highest BCUT2D eigenvalue weighted by atomic mass is 32.2. The van der Waals surface area contributed by atoms with Crippen LogP contribution in [0.4, 0.5) is 13.2 Å². The van der Waals surface area contributed by atoms with E-state index in [0.29, 0.717) is 12.8 Å². The zero-order valence-electron chi connectivity index (χ0n) is 20.9. The van der Waals surface area contributed by atoms with Gasteiger partial charge in [-0.05, 0) is 55.2 Å². The minimum absolute atomic E-state index is 0.00974. The van der Waals surface area contributed by atoms with Gasteiger partial charge in [0, 0.05) is 37.5 Å². The van der Waals surface area contributed by atoms with Crippen LogP contribution in [-0.4, -0.2) is 78.3 Å². The number of ether oxygens (including phenoxy) is 1. The second kappa shape index (κ2) is 11.3. The van der Waals surface area contributed by atoms with E-state index in [-0.39, 0.29) is 54.1 Å². The number of sulfonamides is 1. The molecule has 0 radical (unpaired) electrons. The number of ketones is 1. The van der Waals surface area contributed by atoms with Gasteiger partial charge in [-0.15, -0.1) is 13.2 Å². The second-order valence-electron chi connectivity index (χ2n) is 9.52. The molecule has 1 aromatic heterocycles. The summed E-state index contributed by atoms with van der Waals surface area (Å²) in [7, 11) is -3.94. The molecule has 210 valence electrons. The summed E-state index contributed by atoms with van der Waals surface area (Å²) in [5.41, 5.74) is 0.155. The topological polar surface area (TPSA) is 126 Å². The van der Waals surface area contributed by atoms with Crippen molar-refractivity contribution in [2.75, 3.05) is 19.6 Å². The van der Waals surface area contributed by atoms with Crippen molar-refractivity contribution in [3.05, 3.63) is 54.4 Å². The molecule has 2 aromatic rings. The van der Waals surface area contributed by atoms with Crippen molar-refractivity contribution in [3.63, 3.8) is 0 Å². The Labute approximate surface area is 223 Å². The quantitative estimate of drug-likeness (QED) is 0.492. The molecule has 3 atom stereocenters. The molecule has 3 unspecified atom stereocenters. The summed E-state index contributed by atoms with van der Waals surface area (Å²) in [6.07, 6.45) is -1.26. The van der Waals surface area contributed by atoms with Gasteiger partial charge >= 0.3 is 6.36 Å². The predicted molar refractivity (Wildman–Crippen MR) is 131 cm³/mol. The Morgan fingerprint density at radius 3 is 2.56 bits per heavy atom. The summed E-state index contributed by atoms with van der Waals surface area (Å²) >= 11 is 0. The molecule has 4 rings (SSSR count). The number of fused-ring (bicyclic) bond motifs is 1. The Morgan fingerprint density at radius 2 is 1.92 bits per heavy atom. The molecule has 0 bridgehead atoms. The molecule has 2 fully saturated rings. The average Bonchev–Trinajstić information content (AvgIpc) is 3.45.